The summed E-state index contributed by atoms with van der Waals surface area (Å²) in [6, 6.07) is 8.43. The minimum atomic E-state index is 0.0166. The molecule has 2 aromatic heterocycles. The molecule has 1 aromatic carbocycles. The fourth-order valence-corrected chi connectivity index (χ4v) is 6.05. The lowest BCUT2D eigenvalue weighted by Gasteiger charge is -2.35. The Morgan fingerprint density at radius 2 is 1.82 bits per heavy atom. The number of carbonyl (C=O) groups excluding carboxylic acids is 1. The van der Waals surface area contributed by atoms with Crippen LogP contribution in [0.25, 0.3) is 5.65 Å². The second-order valence-electron chi connectivity index (χ2n) is 9.97. The molecular weight excluding hydrogens is 410 g/mol. The van der Waals surface area contributed by atoms with E-state index in [4.69, 9.17) is 10.1 Å². The van der Waals surface area contributed by atoms with Crippen LogP contribution < -0.4 is 4.90 Å². The number of carbonyl (C=O) groups is 1. The zero-order valence-electron chi connectivity index (χ0n) is 19.6. The van der Waals surface area contributed by atoms with Gasteiger partial charge < -0.3 is 9.80 Å². The lowest BCUT2D eigenvalue weighted by molar-refractivity contribution is 0.0604. The zero-order chi connectivity index (χ0) is 22.4. The van der Waals surface area contributed by atoms with Crippen LogP contribution in [0.2, 0.25) is 0 Å². The first kappa shape index (κ1) is 20.7. The average Bonchev–Trinajstić information content (AvgIpc) is 3.52. The average molecular weight is 444 g/mol. The van der Waals surface area contributed by atoms with Crippen LogP contribution in [0.4, 0.5) is 5.82 Å². The second-order valence-corrected chi connectivity index (χ2v) is 9.97. The highest BCUT2D eigenvalue weighted by Gasteiger charge is 2.32. The Labute approximate surface area is 195 Å². The van der Waals surface area contributed by atoms with Crippen molar-refractivity contribution < 1.29 is 4.79 Å². The number of aromatic nitrogens is 3. The van der Waals surface area contributed by atoms with Crippen molar-refractivity contribution in [2.24, 2.45) is 0 Å². The summed E-state index contributed by atoms with van der Waals surface area (Å²) in [6.07, 6.45) is 12.2. The van der Waals surface area contributed by atoms with Crippen LogP contribution in [0.15, 0.2) is 30.5 Å². The molecule has 4 heterocycles. The SMILES string of the molecule is Cc1cn2nc(C3CCCCN3C(=O)c3cccc4c3CCCC4)cc2nc1N1CCCC1. The van der Waals surface area contributed by atoms with E-state index in [0.717, 1.165) is 80.0 Å². The molecule has 6 heteroatoms. The molecule has 3 aliphatic rings. The van der Waals surface area contributed by atoms with Gasteiger partial charge in [-0.3, -0.25) is 4.79 Å². The van der Waals surface area contributed by atoms with Gasteiger partial charge >= 0.3 is 0 Å². The molecule has 0 saturated carbocycles. The normalized spacial score (nSPS) is 20.9. The monoisotopic (exact) mass is 443 g/mol. The van der Waals surface area contributed by atoms with Crippen molar-refractivity contribution in [3.05, 3.63) is 58.4 Å². The number of piperidine rings is 1. The number of amides is 1. The molecule has 2 aliphatic heterocycles. The summed E-state index contributed by atoms with van der Waals surface area (Å²) < 4.78 is 1.91. The van der Waals surface area contributed by atoms with Gasteiger partial charge in [-0.1, -0.05) is 12.1 Å². The minimum Gasteiger partial charge on any atom is -0.356 e. The summed E-state index contributed by atoms with van der Waals surface area (Å²) in [5.74, 6) is 1.26. The Balaban J connectivity index is 1.34. The first-order valence-electron chi connectivity index (χ1n) is 12.7. The molecule has 1 atom stereocenters. The van der Waals surface area contributed by atoms with Gasteiger partial charge in [-0.05, 0) is 81.9 Å². The number of rotatable bonds is 3. The number of fused-ring (bicyclic) bond motifs is 2. The number of benzene rings is 1. The smallest absolute Gasteiger partial charge is 0.254 e. The van der Waals surface area contributed by atoms with Crippen LogP contribution in [0.1, 0.15) is 83.7 Å². The van der Waals surface area contributed by atoms with E-state index >= 15 is 0 Å². The second kappa shape index (κ2) is 8.47. The number of likely N-dealkylation sites (tertiary alicyclic amines) is 1. The van der Waals surface area contributed by atoms with Crippen molar-refractivity contribution in [2.45, 2.75) is 70.8 Å². The summed E-state index contributed by atoms with van der Waals surface area (Å²) in [5, 5.41) is 4.92. The van der Waals surface area contributed by atoms with Crippen molar-refractivity contribution in [1.82, 2.24) is 19.5 Å². The largest absolute Gasteiger partial charge is 0.356 e. The summed E-state index contributed by atoms with van der Waals surface area (Å²) in [4.78, 5) is 23.3. The maximum absolute atomic E-state index is 13.8. The number of hydrogen-bond donors (Lipinski definition) is 0. The maximum Gasteiger partial charge on any atom is 0.254 e. The van der Waals surface area contributed by atoms with Crippen molar-refractivity contribution in [1.29, 1.82) is 0 Å². The molecule has 2 saturated heterocycles. The third-order valence-electron chi connectivity index (χ3n) is 7.76. The Morgan fingerprint density at radius 1 is 1.00 bits per heavy atom. The van der Waals surface area contributed by atoms with Crippen molar-refractivity contribution >= 4 is 17.4 Å². The van der Waals surface area contributed by atoms with Crippen molar-refractivity contribution in [2.75, 3.05) is 24.5 Å². The van der Waals surface area contributed by atoms with Gasteiger partial charge in [-0.15, -0.1) is 0 Å². The van der Waals surface area contributed by atoms with E-state index in [0.29, 0.717) is 0 Å². The third-order valence-corrected chi connectivity index (χ3v) is 7.76. The van der Waals surface area contributed by atoms with Crippen LogP contribution in [-0.2, 0) is 12.8 Å². The lowest BCUT2D eigenvalue weighted by atomic mass is 9.87. The molecule has 2 fully saturated rings. The number of hydrogen-bond acceptors (Lipinski definition) is 4. The van der Waals surface area contributed by atoms with Gasteiger partial charge in [0.25, 0.3) is 5.91 Å². The summed E-state index contributed by atoms with van der Waals surface area (Å²) in [5.41, 5.74) is 6.56. The maximum atomic E-state index is 13.8. The molecule has 1 aliphatic carbocycles. The van der Waals surface area contributed by atoms with Crippen LogP contribution in [0.5, 0.6) is 0 Å². The molecule has 6 rings (SSSR count). The van der Waals surface area contributed by atoms with Crippen LogP contribution in [0, 0.1) is 6.92 Å². The van der Waals surface area contributed by atoms with Gasteiger partial charge in [0.05, 0.1) is 11.7 Å². The van der Waals surface area contributed by atoms with E-state index < -0.39 is 0 Å². The highest BCUT2D eigenvalue weighted by atomic mass is 16.2. The van der Waals surface area contributed by atoms with Gasteiger partial charge in [0, 0.05) is 43.0 Å². The molecule has 172 valence electrons. The molecule has 0 bridgehead atoms. The van der Waals surface area contributed by atoms with Crippen molar-refractivity contribution in [3.8, 4) is 0 Å². The van der Waals surface area contributed by atoms with E-state index in [1.807, 2.05) is 10.6 Å². The lowest BCUT2D eigenvalue weighted by Crippen LogP contribution is -2.39. The Morgan fingerprint density at radius 3 is 2.70 bits per heavy atom. The van der Waals surface area contributed by atoms with Gasteiger partial charge in [-0.2, -0.15) is 5.10 Å². The highest BCUT2D eigenvalue weighted by molar-refractivity contribution is 5.96. The first-order valence-corrected chi connectivity index (χ1v) is 12.7. The molecule has 0 spiro atoms. The fourth-order valence-electron chi connectivity index (χ4n) is 6.05. The molecular formula is C27H33N5O. The van der Waals surface area contributed by atoms with E-state index in [9.17, 15) is 4.79 Å². The van der Waals surface area contributed by atoms with Crippen LogP contribution >= 0.6 is 0 Å². The van der Waals surface area contributed by atoms with Crippen LogP contribution in [0.3, 0.4) is 0 Å². The third kappa shape index (κ3) is 3.69. The van der Waals surface area contributed by atoms with Crippen molar-refractivity contribution in [3.63, 3.8) is 0 Å². The Hall–Kier alpha value is -2.89. The quantitative estimate of drug-likeness (QED) is 0.579. The molecule has 1 unspecified atom stereocenters. The van der Waals surface area contributed by atoms with Gasteiger partial charge in [0.1, 0.15) is 5.82 Å². The van der Waals surface area contributed by atoms with E-state index in [1.165, 1.54) is 36.8 Å². The Bertz CT molecular complexity index is 1190. The van der Waals surface area contributed by atoms with Gasteiger partial charge in [0.15, 0.2) is 5.65 Å². The summed E-state index contributed by atoms with van der Waals surface area (Å²) >= 11 is 0. The predicted octanol–water partition coefficient (Wildman–Crippen LogP) is 4.88. The Kier molecular flexibility index (Phi) is 5.31. The fraction of sp³-hybridized carbons (Fsp3) is 0.519. The summed E-state index contributed by atoms with van der Waals surface area (Å²) in [7, 11) is 0. The molecule has 3 aromatic rings. The van der Waals surface area contributed by atoms with Gasteiger partial charge in [0.2, 0.25) is 0 Å². The minimum absolute atomic E-state index is 0.0166. The summed E-state index contributed by atoms with van der Waals surface area (Å²) in [6.45, 7) is 5.08. The number of aryl methyl sites for hydroxylation is 2. The zero-order valence-corrected chi connectivity index (χ0v) is 19.6. The topological polar surface area (TPSA) is 53.7 Å². The van der Waals surface area contributed by atoms with E-state index in [-0.39, 0.29) is 11.9 Å². The molecule has 33 heavy (non-hydrogen) atoms. The van der Waals surface area contributed by atoms with E-state index in [1.54, 1.807) is 0 Å². The molecule has 0 N–H and O–H groups in total. The number of anilines is 1. The molecule has 0 radical (unpaired) electrons. The standard InChI is InChI=1S/C27H33N5O/c1-19-18-32-25(28-26(19)30-14-6-7-15-30)17-23(29-32)24-13-4-5-16-31(24)27(33)22-12-8-10-20-9-2-3-11-21(20)22/h8,10,12,17-18,24H,2-7,9,11,13-16H2,1H3. The van der Waals surface area contributed by atoms with Crippen LogP contribution in [-0.4, -0.2) is 45.0 Å². The highest BCUT2D eigenvalue weighted by Crippen LogP contribution is 2.34. The number of nitrogens with zero attached hydrogens (tertiary/aromatic N) is 5. The first-order chi connectivity index (χ1) is 16.2. The molecule has 1 amide bonds. The predicted molar refractivity (Wildman–Crippen MR) is 130 cm³/mol. The molecule has 6 nitrogen and oxygen atoms in total. The van der Waals surface area contributed by atoms with Gasteiger partial charge in [-0.25, -0.2) is 9.50 Å². The van der Waals surface area contributed by atoms with E-state index in [2.05, 4.69) is 41.1 Å².